The third-order valence-electron chi connectivity index (χ3n) is 2.38. The molecule has 1 aromatic heterocycles. The zero-order chi connectivity index (χ0) is 14.5. The van der Waals surface area contributed by atoms with Crippen LogP contribution in [-0.4, -0.2) is 16.9 Å². The molecule has 0 unspecified atom stereocenters. The molecule has 0 spiro atoms. The molecule has 3 amide bonds. The number of halogens is 1. The van der Waals surface area contributed by atoms with E-state index in [0.29, 0.717) is 21.5 Å². The van der Waals surface area contributed by atoms with Crippen LogP contribution < -0.4 is 16.4 Å². The number of carbonyl (C=O) groups is 2. The van der Waals surface area contributed by atoms with Crippen LogP contribution in [0.3, 0.4) is 0 Å². The molecule has 2 rings (SSSR count). The first-order valence-corrected chi connectivity index (χ1v) is 6.43. The van der Waals surface area contributed by atoms with Crippen molar-refractivity contribution in [3.05, 3.63) is 52.8 Å². The second-order valence-corrected chi connectivity index (χ2v) is 4.71. The highest BCUT2D eigenvalue weighted by atomic mass is 79.9. The summed E-state index contributed by atoms with van der Waals surface area (Å²) in [6, 6.07) is 9.34. The molecule has 6 nitrogen and oxygen atoms in total. The lowest BCUT2D eigenvalue weighted by molar-refractivity contribution is 0.102. The van der Waals surface area contributed by atoms with Crippen molar-refractivity contribution in [2.24, 2.45) is 5.73 Å². The van der Waals surface area contributed by atoms with Gasteiger partial charge in [-0.15, -0.1) is 0 Å². The van der Waals surface area contributed by atoms with Crippen molar-refractivity contribution in [2.75, 3.05) is 10.6 Å². The topological polar surface area (TPSA) is 97.1 Å². The van der Waals surface area contributed by atoms with Gasteiger partial charge in [-0.1, -0.05) is 6.07 Å². The number of amides is 3. The maximum absolute atomic E-state index is 12.0. The van der Waals surface area contributed by atoms with Gasteiger partial charge in [0, 0.05) is 17.6 Å². The van der Waals surface area contributed by atoms with Crippen molar-refractivity contribution < 1.29 is 9.59 Å². The molecule has 0 aliphatic heterocycles. The molecule has 0 fully saturated rings. The summed E-state index contributed by atoms with van der Waals surface area (Å²) in [5.41, 5.74) is 6.51. The van der Waals surface area contributed by atoms with Crippen LogP contribution in [0.2, 0.25) is 0 Å². The summed E-state index contributed by atoms with van der Waals surface area (Å²) in [6.07, 6.45) is 1.46. The van der Waals surface area contributed by atoms with E-state index < -0.39 is 6.03 Å². The molecule has 1 heterocycles. The fraction of sp³-hybridized carbons (Fsp3) is 0. The fourth-order valence-corrected chi connectivity index (χ4v) is 1.76. The number of pyridine rings is 1. The average molecular weight is 335 g/mol. The number of nitrogens with zero attached hydrogens (tertiary/aromatic N) is 1. The number of urea groups is 1. The smallest absolute Gasteiger partial charge is 0.316 e. The number of benzene rings is 1. The van der Waals surface area contributed by atoms with Crippen molar-refractivity contribution in [1.82, 2.24) is 4.98 Å². The van der Waals surface area contributed by atoms with Gasteiger partial charge < -0.3 is 16.4 Å². The van der Waals surface area contributed by atoms with Crippen LogP contribution in [-0.2, 0) is 0 Å². The standard InChI is InChI=1S/C13H11BrN4O2/c14-11-5-4-8(7-16-11)12(19)17-9-2-1-3-10(6-9)18-13(15)20/h1-7H,(H,17,19)(H3,15,18,20). The van der Waals surface area contributed by atoms with Crippen LogP contribution in [0.25, 0.3) is 0 Å². The Balaban J connectivity index is 2.11. The highest BCUT2D eigenvalue weighted by Gasteiger charge is 2.07. The Labute approximate surface area is 123 Å². The number of primary amides is 1. The Morgan fingerprint density at radius 3 is 2.40 bits per heavy atom. The number of aromatic nitrogens is 1. The molecule has 0 aliphatic carbocycles. The van der Waals surface area contributed by atoms with E-state index in [0.717, 1.165) is 0 Å². The first-order valence-electron chi connectivity index (χ1n) is 5.64. The molecule has 0 atom stereocenters. The number of anilines is 2. The van der Waals surface area contributed by atoms with Crippen molar-refractivity contribution in [2.45, 2.75) is 0 Å². The largest absolute Gasteiger partial charge is 0.351 e. The Bertz CT molecular complexity index is 643. The quantitative estimate of drug-likeness (QED) is 0.752. The van der Waals surface area contributed by atoms with E-state index in [2.05, 4.69) is 31.5 Å². The van der Waals surface area contributed by atoms with Gasteiger partial charge in [0.15, 0.2) is 0 Å². The van der Waals surface area contributed by atoms with E-state index in [9.17, 15) is 9.59 Å². The second kappa shape index (κ2) is 6.16. The normalized spacial score (nSPS) is 9.85. The molecule has 1 aromatic carbocycles. The van der Waals surface area contributed by atoms with E-state index in [1.165, 1.54) is 6.20 Å². The molecule has 4 N–H and O–H groups in total. The molecule has 0 aliphatic rings. The highest BCUT2D eigenvalue weighted by Crippen LogP contribution is 2.16. The molecule has 7 heteroatoms. The predicted octanol–water partition coefficient (Wildman–Crippen LogP) is 2.59. The summed E-state index contributed by atoms with van der Waals surface area (Å²) in [6.45, 7) is 0. The Kier molecular flexibility index (Phi) is 4.31. The molecule has 0 saturated carbocycles. The lowest BCUT2D eigenvalue weighted by Crippen LogP contribution is -2.19. The molecule has 0 saturated heterocycles. The van der Waals surface area contributed by atoms with Gasteiger partial charge in [0.1, 0.15) is 4.60 Å². The van der Waals surface area contributed by atoms with Gasteiger partial charge in [-0.25, -0.2) is 9.78 Å². The number of carbonyl (C=O) groups excluding carboxylic acids is 2. The van der Waals surface area contributed by atoms with E-state index in [1.54, 1.807) is 36.4 Å². The zero-order valence-electron chi connectivity index (χ0n) is 10.3. The van der Waals surface area contributed by atoms with Crippen LogP contribution in [0, 0.1) is 0 Å². The number of hydrogen-bond acceptors (Lipinski definition) is 3. The van der Waals surface area contributed by atoms with Gasteiger partial charge >= 0.3 is 6.03 Å². The van der Waals surface area contributed by atoms with Crippen molar-refractivity contribution >= 4 is 39.2 Å². The fourth-order valence-electron chi connectivity index (χ4n) is 1.53. The summed E-state index contributed by atoms with van der Waals surface area (Å²) in [5, 5.41) is 5.14. The molecule has 2 aromatic rings. The van der Waals surface area contributed by atoms with Gasteiger partial charge in [-0.2, -0.15) is 0 Å². The van der Waals surface area contributed by atoms with Crippen molar-refractivity contribution in [3.63, 3.8) is 0 Å². The molecule has 0 bridgehead atoms. The molecular weight excluding hydrogens is 324 g/mol. The third-order valence-corrected chi connectivity index (χ3v) is 2.85. The van der Waals surface area contributed by atoms with Gasteiger partial charge in [-0.05, 0) is 46.3 Å². The number of nitrogens with one attached hydrogen (secondary N) is 2. The number of hydrogen-bond donors (Lipinski definition) is 3. The molecule has 102 valence electrons. The van der Waals surface area contributed by atoms with Crippen LogP contribution in [0.5, 0.6) is 0 Å². The maximum atomic E-state index is 12.0. The highest BCUT2D eigenvalue weighted by molar-refractivity contribution is 9.10. The number of rotatable bonds is 3. The second-order valence-electron chi connectivity index (χ2n) is 3.89. The first-order chi connectivity index (χ1) is 9.54. The van der Waals surface area contributed by atoms with E-state index in [-0.39, 0.29) is 5.91 Å². The van der Waals surface area contributed by atoms with E-state index in [1.807, 2.05) is 0 Å². The van der Waals surface area contributed by atoms with Gasteiger partial charge in [0.25, 0.3) is 5.91 Å². The Morgan fingerprint density at radius 2 is 1.80 bits per heavy atom. The Hall–Kier alpha value is -2.41. The molecule has 20 heavy (non-hydrogen) atoms. The molecular formula is C13H11BrN4O2. The summed E-state index contributed by atoms with van der Waals surface area (Å²) in [4.78, 5) is 26.7. The summed E-state index contributed by atoms with van der Waals surface area (Å²) < 4.78 is 0.654. The summed E-state index contributed by atoms with van der Waals surface area (Å²) >= 11 is 3.20. The van der Waals surface area contributed by atoms with Gasteiger partial charge in [-0.3, -0.25) is 4.79 Å². The van der Waals surface area contributed by atoms with Crippen molar-refractivity contribution in [3.8, 4) is 0 Å². The van der Waals surface area contributed by atoms with Gasteiger partial charge in [0.05, 0.1) is 5.56 Å². The minimum absolute atomic E-state index is 0.291. The summed E-state index contributed by atoms with van der Waals surface area (Å²) in [5.74, 6) is -0.291. The van der Waals surface area contributed by atoms with Crippen LogP contribution in [0.4, 0.5) is 16.2 Å². The van der Waals surface area contributed by atoms with Crippen molar-refractivity contribution in [1.29, 1.82) is 0 Å². The number of nitrogens with two attached hydrogens (primary N) is 1. The van der Waals surface area contributed by atoms with E-state index in [4.69, 9.17) is 5.73 Å². The van der Waals surface area contributed by atoms with Crippen LogP contribution >= 0.6 is 15.9 Å². The summed E-state index contributed by atoms with van der Waals surface area (Å²) in [7, 11) is 0. The molecule has 0 radical (unpaired) electrons. The average Bonchev–Trinajstić information content (AvgIpc) is 2.39. The van der Waals surface area contributed by atoms with Gasteiger partial charge in [0.2, 0.25) is 0 Å². The Morgan fingerprint density at radius 1 is 1.10 bits per heavy atom. The van der Waals surface area contributed by atoms with Crippen LogP contribution in [0.1, 0.15) is 10.4 Å². The lowest BCUT2D eigenvalue weighted by atomic mass is 10.2. The third kappa shape index (κ3) is 3.79. The monoisotopic (exact) mass is 334 g/mol. The van der Waals surface area contributed by atoms with E-state index >= 15 is 0 Å². The minimum atomic E-state index is -0.661. The zero-order valence-corrected chi connectivity index (χ0v) is 11.8. The maximum Gasteiger partial charge on any atom is 0.316 e. The van der Waals surface area contributed by atoms with Crippen LogP contribution in [0.15, 0.2) is 47.2 Å². The lowest BCUT2D eigenvalue weighted by Gasteiger charge is -2.07. The SMILES string of the molecule is NC(=O)Nc1cccc(NC(=O)c2ccc(Br)nc2)c1. The predicted molar refractivity (Wildman–Crippen MR) is 79.5 cm³/mol. The first kappa shape index (κ1) is 14.0. The minimum Gasteiger partial charge on any atom is -0.351 e.